The van der Waals surface area contributed by atoms with Gasteiger partial charge in [0, 0.05) is 12.6 Å². The van der Waals surface area contributed by atoms with Crippen molar-refractivity contribution in [3.8, 4) is 5.75 Å². The molecule has 29 heavy (non-hydrogen) atoms. The fraction of sp³-hybridized carbons (Fsp3) is 0.176. The minimum atomic E-state index is -5.09. The molecule has 0 spiro atoms. The minimum Gasteiger partial charge on any atom is -0.505 e. The number of aromatic hydroxyl groups is 1. The quantitative estimate of drug-likeness (QED) is 0.567. The summed E-state index contributed by atoms with van der Waals surface area (Å²) in [4.78, 5) is 23.3. The standard InChI is InChI=1S/C17H11ClF6N2O3/c1-7(27)25-12-3-2-11(14(28)13(12)18)15(29)26-10-5-8(16(19,20)21)4-9(6-10)17(22,23)24/h2-6,28H,1H3,(H,25,27)(H,26,29). The van der Waals surface area contributed by atoms with Crippen LogP contribution in [0, 0.1) is 0 Å². The van der Waals surface area contributed by atoms with Gasteiger partial charge < -0.3 is 15.7 Å². The molecule has 0 radical (unpaired) electrons. The molecule has 0 atom stereocenters. The summed E-state index contributed by atoms with van der Waals surface area (Å²) in [6.07, 6.45) is -10.2. The molecule has 156 valence electrons. The van der Waals surface area contributed by atoms with Gasteiger partial charge in [-0.2, -0.15) is 26.3 Å². The van der Waals surface area contributed by atoms with E-state index in [1.807, 2.05) is 5.32 Å². The summed E-state index contributed by atoms with van der Waals surface area (Å²) in [7, 11) is 0. The summed E-state index contributed by atoms with van der Waals surface area (Å²) in [5.74, 6) is -2.57. The van der Waals surface area contributed by atoms with Crippen LogP contribution in [0.1, 0.15) is 28.4 Å². The average molecular weight is 441 g/mol. The molecule has 0 bridgehead atoms. The number of benzene rings is 2. The number of carbonyl (C=O) groups is 2. The van der Waals surface area contributed by atoms with Crippen molar-refractivity contribution in [3.05, 3.63) is 52.0 Å². The van der Waals surface area contributed by atoms with Crippen LogP contribution in [0.4, 0.5) is 37.7 Å². The van der Waals surface area contributed by atoms with Crippen molar-refractivity contribution in [2.24, 2.45) is 0 Å². The maximum absolute atomic E-state index is 12.9. The molecule has 2 rings (SSSR count). The third-order valence-corrected chi connectivity index (χ3v) is 3.90. The van der Waals surface area contributed by atoms with Crippen molar-refractivity contribution in [1.82, 2.24) is 0 Å². The molecular formula is C17H11ClF6N2O3. The van der Waals surface area contributed by atoms with Crippen molar-refractivity contribution in [2.75, 3.05) is 10.6 Å². The fourth-order valence-corrected chi connectivity index (χ4v) is 2.47. The Kier molecular flexibility index (Phi) is 6.02. The Morgan fingerprint density at radius 3 is 1.90 bits per heavy atom. The van der Waals surface area contributed by atoms with E-state index in [0.717, 1.165) is 19.1 Å². The Hall–Kier alpha value is -2.95. The molecule has 0 aliphatic heterocycles. The molecule has 3 N–H and O–H groups in total. The summed E-state index contributed by atoms with van der Waals surface area (Å²) >= 11 is 5.82. The Bertz CT molecular complexity index is 941. The van der Waals surface area contributed by atoms with Gasteiger partial charge in [-0.15, -0.1) is 0 Å². The summed E-state index contributed by atoms with van der Waals surface area (Å²) < 4.78 is 77.3. The first-order chi connectivity index (χ1) is 13.2. The molecule has 2 aromatic rings. The van der Waals surface area contributed by atoms with Gasteiger partial charge in [0.15, 0.2) is 0 Å². The minimum absolute atomic E-state index is 0.0494. The third-order valence-electron chi connectivity index (χ3n) is 3.52. The second-order valence-corrected chi connectivity index (χ2v) is 6.13. The summed E-state index contributed by atoms with van der Waals surface area (Å²) in [5, 5.41) is 13.7. The average Bonchev–Trinajstić information content (AvgIpc) is 2.56. The molecule has 0 heterocycles. The molecule has 2 amide bonds. The van der Waals surface area contributed by atoms with Gasteiger partial charge in [-0.25, -0.2) is 0 Å². The lowest BCUT2D eigenvalue weighted by atomic mass is 10.1. The Balaban J connectivity index is 2.43. The number of nitrogens with one attached hydrogen (secondary N) is 2. The van der Waals surface area contributed by atoms with Gasteiger partial charge in [0.05, 0.1) is 22.4 Å². The highest BCUT2D eigenvalue weighted by atomic mass is 35.5. The van der Waals surface area contributed by atoms with Crippen molar-refractivity contribution in [3.63, 3.8) is 0 Å². The smallest absolute Gasteiger partial charge is 0.416 e. The molecule has 0 aliphatic carbocycles. The van der Waals surface area contributed by atoms with E-state index in [-0.39, 0.29) is 11.8 Å². The number of carbonyl (C=O) groups excluding carboxylic acids is 2. The van der Waals surface area contributed by atoms with E-state index in [2.05, 4.69) is 5.32 Å². The number of hydrogen-bond acceptors (Lipinski definition) is 3. The molecule has 12 heteroatoms. The van der Waals surface area contributed by atoms with Crippen LogP contribution in [0.25, 0.3) is 0 Å². The van der Waals surface area contributed by atoms with Crippen molar-refractivity contribution < 1.29 is 41.0 Å². The number of phenolic OH excluding ortho intramolecular Hbond substituents is 1. The predicted octanol–water partition coefficient (Wildman–Crippen LogP) is 5.29. The van der Waals surface area contributed by atoms with Crippen molar-refractivity contribution in [2.45, 2.75) is 19.3 Å². The molecule has 0 fully saturated rings. The lowest BCUT2D eigenvalue weighted by Gasteiger charge is -2.15. The number of alkyl halides is 6. The van der Waals surface area contributed by atoms with E-state index < -0.39 is 57.3 Å². The molecular weight excluding hydrogens is 430 g/mol. The second-order valence-electron chi connectivity index (χ2n) is 5.75. The van der Waals surface area contributed by atoms with Crippen molar-refractivity contribution in [1.29, 1.82) is 0 Å². The largest absolute Gasteiger partial charge is 0.505 e. The molecule has 0 unspecified atom stereocenters. The Labute approximate surface area is 164 Å². The second kappa shape index (κ2) is 7.82. The zero-order valence-corrected chi connectivity index (χ0v) is 15.1. The Morgan fingerprint density at radius 2 is 1.45 bits per heavy atom. The normalized spacial score (nSPS) is 11.9. The van der Waals surface area contributed by atoms with Crippen LogP contribution in [0.5, 0.6) is 5.75 Å². The highest BCUT2D eigenvalue weighted by Gasteiger charge is 2.37. The molecule has 2 aromatic carbocycles. The summed E-state index contributed by atoms with van der Waals surface area (Å²) in [6.45, 7) is 1.15. The first-order valence-electron chi connectivity index (χ1n) is 7.60. The van der Waals surface area contributed by atoms with Gasteiger partial charge in [0.2, 0.25) is 5.91 Å². The van der Waals surface area contributed by atoms with E-state index in [9.17, 15) is 41.0 Å². The van der Waals surface area contributed by atoms with Gasteiger partial charge >= 0.3 is 12.4 Å². The molecule has 5 nitrogen and oxygen atoms in total. The van der Waals surface area contributed by atoms with Gasteiger partial charge in [-0.3, -0.25) is 9.59 Å². The van der Waals surface area contributed by atoms with Crippen LogP contribution >= 0.6 is 11.6 Å². The SMILES string of the molecule is CC(=O)Nc1ccc(C(=O)Nc2cc(C(F)(F)F)cc(C(F)(F)F)c2)c(O)c1Cl. The van der Waals surface area contributed by atoms with Gasteiger partial charge in [0.1, 0.15) is 10.8 Å². The van der Waals surface area contributed by atoms with E-state index in [1.165, 1.54) is 0 Å². The van der Waals surface area contributed by atoms with E-state index >= 15 is 0 Å². The van der Waals surface area contributed by atoms with Gasteiger partial charge in [0.25, 0.3) is 5.91 Å². The summed E-state index contributed by atoms with van der Waals surface area (Å²) in [6, 6.07) is 2.66. The molecule has 0 aromatic heterocycles. The monoisotopic (exact) mass is 440 g/mol. The predicted molar refractivity (Wildman–Crippen MR) is 91.8 cm³/mol. The Morgan fingerprint density at radius 1 is 0.931 bits per heavy atom. The number of amides is 2. The topological polar surface area (TPSA) is 78.4 Å². The van der Waals surface area contributed by atoms with E-state index in [1.54, 1.807) is 0 Å². The molecule has 0 saturated carbocycles. The van der Waals surface area contributed by atoms with Crippen LogP contribution in [0.3, 0.4) is 0 Å². The third kappa shape index (κ3) is 5.31. The van der Waals surface area contributed by atoms with Gasteiger partial charge in [-0.1, -0.05) is 11.6 Å². The number of hydrogen-bond donors (Lipinski definition) is 3. The zero-order chi connectivity index (χ0) is 22.1. The maximum Gasteiger partial charge on any atom is 0.416 e. The van der Waals surface area contributed by atoms with Gasteiger partial charge in [-0.05, 0) is 30.3 Å². The lowest BCUT2D eigenvalue weighted by molar-refractivity contribution is -0.143. The van der Waals surface area contributed by atoms with E-state index in [4.69, 9.17) is 11.6 Å². The van der Waals surface area contributed by atoms with Crippen LogP contribution in [-0.2, 0) is 17.1 Å². The first kappa shape index (κ1) is 22.3. The van der Waals surface area contributed by atoms with Crippen LogP contribution in [0.2, 0.25) is 5.02 Å². The molecule has 0 aliphatic rings. The summed E-state index contributed by atoms with van der Waals surface area (Å²) in [5.41, 5.74) is -4.61. The van der Waals surface area contributed by atoms with Crippen molar-refractivity contribution >= 4 is 34.8 Å². The first-order valence-corrected chi connectivity index (χ1v) is 7.98. The maximum atomic E-state index is 12.9. The lowest BCUT2D eigenvalue weighted by Crippen LogP contribution is -2.16. The molecule has 0 saturated heterocycles. The highest BCUT2D eigenvalue weighted by Crippen LogP contribution is 2.38. The van der Waals surface area contributed by atoms with Crippen LogP contribution in [-0.4, -0.2) is 16.9 Å². The van der Waals surface area contributed by atoms with E-state index in [0.29, 0.717) is 12.1 Å². The van der Waals surface area contributed by atoms with Crippen LogP contribution < -0.4 is 10.6 Å². The van der Waals surface area contributed by atoms with Crippen LogP contribution in [0.15, 0.2) is 30.3 Å². The highest BCUT2D eigenvalue weighted by molar-refractivity contribution is 6.36. The number of phenols is 1. The zero-order valence-electron chi connectivity index (χ0n) is 14.3. The number of anilines is 2. The number of rotatable bonds is 3. The number of halogens is 7. The fourth-order valence-electron chi connectivity index (χ4n) is 2.26.